The molecule has 1 aliphatic carbocycles. The zero-order valence-corrected chi connectivity index (χ0v) is 18.7. The maximum absolute atomic E-state index is 12.5. The number of carbonyl (C=O) groups is 2. The molecule has 0 saturated carbocycles. The first-order valence-electron chi connectivity index (χ1n) is 9.46. The van der Waals surface area contributed by atoms with Crippen molar-refractivity contribution in [2.45, 2.75) is 37.1 Å². The number of hydrogen-bond acceptors (Lipinski definition) is 9. The van der Waals surface area contributed by atoms with E-state index in [1.54, 1.807) is 6.26 Å². The van der Waals surface area contributed by atoms with Crippen LogP contribution in [0.2, 0.25) is 0 Å². The van der Waals surface area contributed by atoms with Crippen molar-refractivity contribution in [2.75, 3.05) is 16.4 Å². The minimum Gasteiger partial charge on any atom is -0.467 e. The molecule has 1 aliphatic rings. The molecule has 3 aromatic heterocycles. The van der Waals surface area contributed by atoms with E-state index >= 15 is 0 Å². The van der Waals surface area contributed by atoms with Crippen LogP contribution in [-0.2, 0) is 24.2 Å². The molecule has 0 unspecified atom stereocenters. The van der Waals surface area contributed by atoms with Gasteiger partial charge in [0.05, 0.1) is 24.1 Å². The summed E-state index contributed by atoms with van der Waals surface area (Å²) < 4.78 is 5.95. The van der Waals surface area contributed by atoms with Crippen LogP contribution in [0.3, 0.4) is 0 Å². The molecule has 0 aromatic carbocycles. The molecule has 4 rings (SSSR count). The van der Waals surface area contributed by atoms with E-state index in [1.165, 1.54) is 34.4 Å². The third-order valence-electron chi connectivity index (χ3n) is 4.74. The van der Waals surface area contributed by atoms with E-state index in [9.17, 15) is 9.59 Å². The van der Waals surface area contributed by atoms with Crippen LogP contribution in [-0.4, -0.2) is 27.8 Å². The highest BCUT2D eigenvalue weighted by Gasteiger charge is 2.27. The van der Waals surface area contributed by atoms with Crippen molar-refractivity contribution in [1.29, 1.82) is 0 Å². The minimum atomic E-state index is -0.485. The maximum Gasteiger partial charge on any atom is 0.251 e. The Balaban J connectivity index is 1.34. The molecule has 8 nitrogen and oxygen atoms in total. The van der Waals surface area contributed by atoms with Gasteiger partial charge in [-0.3, -0.25) is 9.59 Å². The number of furan rings is 1. The molecule has 0 aliphatic heterocycles. The summed E-state index contributed by atoms with van der Waals surface area (Å²) in [6.07, 6.45) is 4.39. The van der Waals surface area contributed by atoms with E-state index in [-0.39, 0.29) is 11.7 Å². The monoisotopic (exact) mass is 463 g/mol. The summed E-state index contributed by atoms with van der Waals surface area (Å²) in [7, 11) is 0. The molecule has 3 heterocycles. The fourth-order valence-electron chi connectivity index (χ4n) is 3.30. The van der Waals surface area contributed by atoms with Crippen LogP contribution in [0.5, 0.6) is 0 Å². The van der Waals surface area contributed by atoms with Crippen LogP contribution in [0.25, 0.3) is 0 Å². The molecular weight excluding hydrogens is 442 g/mol. The van der Waals surface area contributed by atoms with Gasteiger partial charge in [0.2, 0.25) is 11.0 Å². The fourth-order valence-corrected chi connectivity index (χ4v) is 6.28. The summed E-state index contributed by atoms with van der Waals surface area (Å²) in [6.45, 7) is 2.71. The van der Waals surface area contributed by atoms with Crippen molar-refractivity contribution in [3.63, 3.8) is 0 Å². The molecule has 0 saturated heterocycles. The van der Waals surface area contributed by atoms with Crippen molar-refractivity contribution in [2.24, 2.45) is 11.7 Å². The van der Waals surface area contributed by atoms with Gasteiger partial charge in [0.1, 0.15) is 10.8 Å². The number of aromatic nitrogens is 2. The van der Waals surface area contributed by atoms with E-state index in [2.05, 4.69) is 27.8 Å². The first kappa shape index (κ1) is 20.9. The quantitative estimate of drug-likeness (QED) is 0.435. The number of nitrogens with two attached hydrogens (primary N) is 1. The first-order chi connectivity index (χ1) is 14.5. The Morgan fingerprint density at radius 2 is 2.23 bits per heavy atom. The smallest absolute Gasteiger partial charge is 0.251 e. The Kier molecular flexibility index (Phi) is 6.40. The number of anilines is 2. The number of primary amides is 1. The lowest BCUT2D eigenvalue weighted by molar-refractivity contribution is -0.113. The Labute approximate surface area is 185 Å². The molecule has 4 N–H and O–H groups in total. The Morgan fingerprint density at radius 3 is 3.00 bits per heavy atom. The molecule has 30 heavy (non-hydrogen) atoms. The van der Waals surface area contributed by atoms with Crippen molar-refractivity contribution in [3.8, 4) is 0 Å². The number of hydrogen-bond donors (Lipinski definition) is 3. The van der Waals surface area contributed by atoms with Gasteiger partial charge in [0.15, 0.2) is 4.34 Å². The number of thiophene rings is 1. The third kappa shape index (κ3) is 4.85. The molecule has 2 amide bonds. The number of carbonyl (C=O) groups excluding carboxylic acids is 2. The first-order valence-corrected chi connectivity index (χ1v) is 12.1. The summed E-state index contributed by atoms with van der Waals surface area (Å²) in [4.78, 5) is 25.6. The largest absolute Gasteiger partial charge is 0.467 e. The molecule has 1 atom stereocenters. The lowest BCUT2D eigenvalue weighted by Gasteiger charge is -2.18. The Morgan fingerprint density at radius 1 is 1.37 bits per heavy atom. The molecule has 0 fully saturated rings. The topological polar surface area (TPSA) is 123 Å². The Bertz CT molecular complexity index is 1040. The number of amides is 2. The van der Waals surface area contributed by atoms with E-state index in [4.69, 9.17) is 10.2 Å². The van der Waals surface area contributed by atoms with Crippen LogP contribution in [0.4, 0.5) is 10.1 Å². The summed E-state index contributed by atoms with van der Waals surface area (Å²) in [6, 6.07) is 3.70. The van der Waals surface area contributed by atoms with Crippen LogP contribution >= 0.6 is 34.4 Å². The van der Waals surface area contributed by atoms with Gasteiger partial charge in [-0.05, 0) is 42.9 Å². The van der Waals surface area contributed by atoms with E-state index in [0.717, 1.165) is 35.5 Å². The fraction of sp³-hybridized carbons (Fsp3) is 0.368. The van der Waals surface area contributed by atoms with Crippen LogP contribution in [0, 0.1) is 5.92 Å². The second-order valence-corrected chi connectivity index (χ2v) is 10.4. The third-order valence-corrected chi connectivity index (χ3v) is 7.92. The van der Waals surface area contributed by atoms with Crippen LogP contribution < -0.4 is 16.4 Å². The molecule has 158 valence electrons. The van der Waals surface area contributed by atoms with Crippen molar-refractivity contribution < 1.29 is 14.0 Å². The number of nitrogens with one attached hydrogen (secondary N) is 2. The van der Waals surface area contributed by atoms with Gasteiger partial charge in [-0.25, -0.2) is 0 Å². The second-order valence-electron chi connectivity index (χ2n) is 7.06. The van der Waals surface area contributed by atoms with Gasteiger partial charge in [-0.1, -0.05) is 30.0 Å². The minimum absolute atomic E-state index is 0.171. The van der Waals surface area contributed by atoms with E-state index in [1.807, 2.05) is 12.1 Å². The lowest BCUT2D eigenvalue weighted by atomic mass is 9.88. The summed E-state index contributed by atoms with van der Waals surface area (Å²) in [5, 5.41) is 15.4. The molecule has 0 bridgehead atoms. The lowest BCUT2D eigenvalue weighted by Crippen LogP contribution is -2.20. The zero-order valence-electron chi connectivity index (χ0n) is 16.3. The standard InChI is InChI=1S/C19H21N5O3S3/c1-10-4-5-12-13(7-10)29-17(15(12)16(20)26)22-14(25)9-28-19-24-23-18(30-19)21-8-11-3-2-6-27-11/h2-3,6,10H,4-5,7-9H2,1H3,(H2,20,26)(H,21,23)(H,22,25)/t10-/m0/s1. The molecule has 11 heteroatoms. The second kappa shape index (κ2) is 9.19. The SMILES string of the molecule is C[C@H]1CCc2c(sc(NC(=O)CSc3nnc(NCc4ccco4)s3)c2C(N)=O)C1. The summed E-state index contributed by atoms with van der Waals surface area (Å²) in [5.74, 6) is 0.862. The van der Waals surface area contributed by atoms with Gasteiger partial charge in [0.25, 0.3) is 5.91 Å². The highest BCUT2D eigenvalue weighted by atomic mass is 32.2. The van der Waals surface area contributed by atoms with Crippen molar-refractivity contribution in [3.05, 3.63) is 40.2 Å². The molecule has 0 radical (unpaired) electrons. The number of fused-ring (bicyclic) bond motifs is 1. The van der Waals surface area contributed by atoms with Gasteiger partial charge in [-0.2, -0.15) is 0 Å². The molecule has 0 spiro atoms. The Hall–Kier alpha value is -2.37. The number of thioether (sulfide) groups is 1. The average Bonchev–Trinajstić information content (AvgIpc) is 3.44. The van der Waals surface area contributed by atoms with Gasteiger partial charge >= 0.3 is 0 Å². The average molecular weight is 464 g/mol. The van der Waals surface area contributed by atoms with Gasteiger partial charge in [-0.15, -0.1) is 21.5 Å². The highest BCUT2D eigenvalue weighted by molar-refractivity contribution is 8.01. The predicted octanol–water partition coefficient (Wildman–Crippen LogP) is 3.76. The van der Waals surface area contributed by atoms with Crippen molar-refractivity contribution >= 4 is 56.4 Å². The van der Waals surface area contributed by atoms with Crippen molar-refractivity contribution in [1.82, 2.24) is 10.2 Å². The van der Waals surface area contributed by atoms with E-state index < -0.39 is 5.91 Å². The normalized spacial score (nSPS) is 15.6. The van der Waals surface area contributed by atoms with E-state index in [0.29, 0.717) is 32.5 Å². The summed E-state index contributed by atoms with van der Waals surface area (Å²) in [5.41, 5.74) is 7.08. The summed E-state index contributed by atoms with van der Waals surface area (Å²) >= 11 is 4.14. The van der Waals surface area contributed by atoms with Crippen LogP contribution in [0.1, 0.15) is 39.9 Å². The van der Waals surface area contributed by atoms with Gasteiger partial charge < -0.3 is 20.8 Å². The number of nitrogens with zero attached hydrogens (tertiary/aromatic N) is 2. The number of rotatable bonds is 8. The highest BCUT2D eigenvalue weighted by Crippen LogP contribution is 2.39. The molecule has 3 aromatic rings. The van der Waals surface area contributed by atoms with Crippen LogP contribution in [0.15, 0.2) is 27.2 Å². The predicted molar refractivity (Wildman–Crippen MR) is 119 cm³/mol. The van der Waals surface area contributed by atoms with Gasteiger partial charge in [0, 0.05) is 4.88 Å². The maximum atomic E-state index is 12.5. The molecular formula is C19H21N5O3S3. The zero-order chi connectivity index (χ0) is 21.1.